The van der Waals surface area contributed by atoms with Crippen LogP contribution < -0.4 is 10.2 Å². The molecule has 1 aromatic carbocycles. The second-order valence-corrected chi connectivity index (χ2v) is 7.90. The van der Waals surface area contributed by atoms with Crippen LogP contribution in [-0.2, 0) is 0 Å². The number of piperidine rings is 4. The molecular formula is C20H26N4O2. The van der Waals surface area contributed by atoms with Gasteiger partial charge in [0.05, 0.1) is 11.7 Å². The lowest BCUT2D eigenvalue weighted by molar-refractivity contribution is 0.0295. The Morgan fingerprint density at radius 1 is 1.12 bits per heavy atom. The van der Waals surface area contributed by atoms with Gasteiger partial charge in [-0.1, -0.05) is 6.07 Å². The first kappa shape index (κ1) is 16.1. The maximum atomic E-state index is 13.0. The van der Waals surface area contributed by atoms with Gasteiger partial charge in [0.15, 0.2) is 5.58 Å². The number of hydrogen-bond donors (Lipinski definition) is 1. The standard InChI is InChI=1S/C20H26N4O2/c25-19(21-17-13-14-7-11-23(17)12-8-14)15-5-4-6-16-18(15)22-20(26-16)24-9-2-1-3-10-24/h4-6,14,17H,1-3,7-13H2,(H,21,25)/t17-/m0/s1. The van der Waals surface area contributed by atoms with Crippen molar-refractivity contribution in [2.24, 2.45) is 5.92 Å². The predicted molar refractivity (Wildman–Crippen MR) is 100 cm³/mol. The minimum Gasteiger partial charge on any atom is -0.423 e. The van der Waals surface area contributed by atoms with Gasteiger partial charge in [-0.15, -0.1) is 0 Å². The fraction of sp³-hybridized carbons (Fsp3) is 0.600. The van der Waals surface area contributed by atoms with Crippen LogP contribution in [0.4, 0.5) is 6.01 Å². The van der Waals surface area contributed by atoms with Crippen LogP contribution >= 0.6 is 0 Å². The molecule has 4 fully saturated rings. The summed E-state index contributed by atoms with van der Waals surface area (Å²) >= 11 is 0. The summed E-state index contributed by atoms with van der Waals surface area (Å²) in [5.74, 6) is 0.727. The molecule has 4 aliphatic rings. The summed E-state index contributed by atoms with van der Waals surface area (Å²) in [5, 5.41) is 3.24. The smallest absolute Gasteiger partial charge is 0.298 e. The Hall–Kier alpha value is -2.08. The maximum Gasteiger partial charge on any atom is 0.298 e. The number of aromatic nitrogens is 1. The Bertz CT molecular complexity index is 803. The lowest BCUT2D eigenvalue weighted by Gasteiger charge is -2.45. The van der Waals surface area contributed by atoms with Crippen molar-refractivity contribution >= 4 is 23.0 Å². The molecule has 1 aromatic heterocycles. The molecule has 0 saturated carbocycles. The van der Waals surface area contributed by atoms with Gasteiger partial charge < -0.3 is 14.6 Å². The van der Waals surface area contributed by atoms with Gasteiger partial charge in [-0.05, 0) is 56.6 Å². The molecule has 4 aliphatic heterocycles. The van der Waals surface area contributed by atoms with Crippen LogP contribution in [0.5, 0.6) is 0 Å². The summed E-state index contributed by atoms with van der Waals surface area (Å²) in [6.45, 7) is 4.16. The summed E-state index contributed by atoms with van der Waals surface area (Å²) in [5.41, 5.74) is 2.00. The third-order valence-electron chi connectivity index (χ3n) is 6.22. The minimum atomic E-state index is -0.0355. The molecule has 6 heteroatoms. The Morgan fingerprint density at radius 2 is 1.92 bits per heavy atom. The Kier molecular flexibility index (Phi) is 4.08. The normalized spacial score (nSPS) is 28.5. The van der Waals surface area contributed by atoms with Crippen LogP contribution in [0.2, 0.25) is 0 Å². The topological polar surface area (TPSA) is 61.6 Å². The van der Waals surface area contributed by atoms with E-state index in [9.17, 15) is 4.79 Å². The Morgan fingerprint density at radius 3 is 2.65 bits per heavy atom. The quantitative estimate of drug-likeness (QED) is 0.918. The van der Waals surface area contributed by atoms with Gasteiger partial charge in [0.25, 0.3) is 11.9 Å². The summed E-state index contributed by atoms with van der Waals surface area (Å²) in [7, 11) is 0. The van der Waals surface area contributed by atoms with Crippen molar-refractivity contribution in [3.8, 4) is 0 Å². The molecule has 0 aliphatic carbocycles. The van der Waals surface area contributed by atoms with Crippen LogP contribution in [0, 0.1) is 5.92 Å². The molecule has 0 radical (unpaired) electrons. The lowest BCUT2D eigenvalue weighted by atomic mass is 9.86. The highest BCUT2D eigenvalue weighted by atomic mass is 16.4. The van der Waals surface area contributed by atoms with Gasteiger partial charge in [0, 0.05) is 26.2 Å². The van der Waals surface area contributed by atoms with Crippen LogP contribution in [0.1, 0.15) is 48.9 Å². The van der Waals surface area contributed by atoms with E-state index >= 15 is 0 Å². The molecule has 138 valence electrons. The van der Waals surface area contributed by atoms with Gasteiger partial charge in [-0.3, -0.25) is 9.69 Å². The molecule has 1 N–H and O–H groups in total. The van der Waals surface area contributed by atoms with Crippen molar-refractivity contribution in [2.75, 3.05) is 31.1 Å². The summed E-state index contributed by atoms with van der Waals surface area (Å²) < 4.78 is 5.96. The van der Waals surface area contributed by atoms with Crippen molar-refractivity contribution in [1.82, 2.24) is 15.2 Å². The average molecular weight is 354 g/mol. The number of carbonyl (C=O) groups excluding carboxylic acids is 1. The van der Waals surface area contributed by atoms with Gasteiger partial charge in [0.2, 0.25) is 0 Å². The van der Waals surface area contributed by atoms with E-state index in [4.69, 9.17) is 4.42 Å². The largest absolute Gasteiger partial charge is 0.423 e. The average Bonchev–Trinajstić information content (AvgIpc) is 3.14. The molecular weight excluding hydrogens is 328 g/mol. The maximum absolute atomic E-state index is 13.0. The molecule has 5 heterocycles. The summed E-state index contributed by atoms with van der Waals surface area (Å²) in [4.78, 5) is 22.2. The number of benzene rings is 1. The number of nitrogens with one attached hydrogen (secondary N) is 1. The second-order valence-electron chi connectivity index (χ2n) is 7.90. The molecule has 1 atom stereocenters. The van der Waals surface area contributed by atoms with Crippen molar-refractivity contribution in [1.29, 1.82) is 0 Å². The first-order valence-corrected chi connectivity index (χ1v) is 9.97. The number of rotatable bonds is 3. The molecule has 2 aromatic rings. The Labute approximate surface area is 153 Å². The van der Waals surface area contributed by atoms with Gasteiger partial charge in [0.1, 0.15) is 5.52 Å². The molecule has 26 heavy (non-hydrogen) atoms. The van der Waals surface area contributed by atoms with Crippen molar-refractivity contribution in [3.63, 3.8) is 0 Å². The predicted octanol–water partition coefficient (Wildman–Crippen LogP) is 2.99. The van der Waals surface area contributed by atoms with Crippen molar-refractivity contribution < 1.29 is 9.21 Å². The zero-order chi connectivity index (χ0) is 17.5. The SMILES string of the molecule is O=C(N[C@@H]1CC2CCN1CC2)c1cccc2oc(N3CCCCC3)nc12. The first-order chi connectivity index (χ1) is 12.8. The molecule has 0 unspecified atom stereocenters. The summed E-state index contributed by atoms with van der Waals surface area (Å²) in [6, 6.07) is 6.30. The van der Waals surface area contributed by atoms with Crippen LogP contribution in [0.3, 0.4) is 0 Å². The van der Waals surface area contributed by atoms with Gasteiger partial charge in [-0.2, -0.15) is 4.98 Å². The van der Waals surface area contributed by atoms with Crippen molar-refractivity contribution in [3.05, 3.63) is 23.8 Å². The highest BCUT2D eigenvalue weighted by Gasteiger charge is 2.34. The summed E-state index contributed by atoms with van der Waals surface area (Å²) in [6.07, 6.45) is 7.38. The Balaban J connectivity index is 1.39. The number of para-hydroxylation sites is 1. The zero-order valence-electron chi connectivity index (χ0n) is 15.1. The van der Waals surface area contributed by atoms with Crippen LogP contribution in [0.25, 0.3) is 11.1 Å². The highest BCUT2D eigenvalue weighted by Crippen LogP contribution is 2.31. The molecule has 6 rings (SSSR count). The molecule has 4 saturated heterocycles. The molecule has 0 spiro atoms. The second kappa shape index (κ2) is 6.58. The van der Waals surface area contributed by atoms with Gasteiger partial charge in [-0.25, -0.2) is 0 Å². The fourth-order valence-electron chi connectivity index (χ4n) is 4.68. The van der Waals surface area contributed by atoms with E-state index in [1.54, 1.807) is 0 Å². The number of amides is 1. The zero-order valence-corrected chi connectivity index (χ0v) is 15.1. The highest BCUT2D eigenvalue weighted by molar-refractivity contribution is 6.04. The van der Waals surface area contributed by atoms with E-state index in [0.29, 0.717) is 22.7 Å². The first-order valence-electron chi connectivity index (χ1n) is 9.97. The van der Waals surface area contributed by atoms with E-state index in [-0.39, 0.29) is 12.1 Å². The van der Waals surface area contributed by atoms with E-state index in [2.05, 4.69) is 20.1 Å². The number of hydrogen-bond acceptors (Lipinski definition) is 5. The van der Waals surface area contributed by atoms with Crippen LogP contribution in [0.15, 0.2) is 22.6 Å². The molecule has 2 bridgehead atoms. The monoisotopic (exact) mass is 354 g/mol. The third-order valence-corrected chi connectivity index (χ3v) is 6.22. The van der Waals surface area contributed by atoms with E-state index < -0.39 is 0 Å². The number of fused-ring (bicyclic) bond motifs is 4. The van der Waals surface area contributed by atoms with E-state index in [0.717, 1.165) is 38.5 Å². The molecule has 6 nitrogen and oxygen atoms in total. The molecule has 1 amide bonds. The lowest BCUT2D eigenvalue weighted by Crippen LogP contribution is -2.56. The fourth-order valence-corrected chi connectivity index (χ4v) is 4.68. The number of carbonyl (C=O) groups is 1. The van der Waals surface area contributed by atoms with Crippen molar-refractivity contribution in [2.45, 2.75) is 44.7 Å². The van der Waals surface area contributed by atoms with E-state index in [1.807, 2.05) is 18.2 Å². The van der Waals surface area contributed by atoms with Crippen LogP contribution in [-0.4, -0.2) is 48.1 Å². The third kappa shape index (κ3) is 2.86. The number of nitrogens with zero attached hydrogens (tertiary/aromatic N) is 3. The minimum absolute atomic E-state index is 0.0355. The number of anilines is 1. The number of oxazole rings is 1. The van der Waals surface area contributed by atoms with E-state index in [1.165, 1.54) is 32.1 Å². The van der Waals surface area contributed by atoms with Gasteiger partial charge >= 0.3 is 0 Å².